The summed E-state index contributed by atoms with van der Waals surface area (Å²) in [6.45, 7) is 7.22. The van der Waals surface area contributed by atoms with Gasteiger partial charge < -0.3 is 0 Å². The van der Waals surface area contributed by atoms with Gasteiger partial charge in [0.1, 0.15) is 16.8 Å². The zero-order chi connectivity index (χ0) is 12.3. The zero-order valence-electron chi connectivity index (χ0n) is 9.95. The van der Waals surface area contributed by atoms with E-state index in [2.05, 4.69) is 4.40 Å². The summed E-state index contributed by atoms with van der Waals surface area (Å²) in [6, 6.07) is 4.76. The molecule has 0 aliphatic heterocycles. The van der Waals surface area contributed by atoms with Crippen LogP contribution in [-0.4, -0.2) is 15.2 Å². The van der Waals surface area contributed by atoms with E-state index in [-0.39, 0.29) is 5.82 Å². The maximum atomic E-state index is 13.2. The second kappa shape index (κ2) is 4.87. The van der Waals surface area contributed by atoms with Crippen LogP contribution in [0.2, 0.25) is 0 Å². The average molecular weight is 241 g/mol. The van der Waals surface area contributed by atoms with Crippen LogP contribution < -0.4 is 0 Å². The maximum absolute atomic E-state index is 13.2. The number of rotatable bonds is 2. The van der Waals surface area contributed by atoms with Crippen molar-refractivity contribution in [2.75, 3.05) is 0 Å². The molecule has 0 aliphatic rings. The summed E-state index contributed by atoms with van der Waals surface area (Å²) in [7, 11) is -1.31. The second-order valence-corrected chi connectivity index (χ2v) is 6.48. The Kier molecular flexibility index (Phi) is 3.97. The van der Waals surface area contributed by atoms with E-state index in [1.807, 2.05) is 20.8 Å². The number of benzene rings is 1. The van der Waals surface area contributed by atoms with E-state index in [1.54, 1.807) is 19.1 Å². The molecule has 0 aromatic heterocycles. The highest BCUT2D eigenvalue weighted by atomic mass is 32.2. The van der Waals surface area contributed by atoms with Crippen LogP contribution in [0.1, 0.15) is 31.9 Å². The van der Waals surface area contributed by atoms with Crippen LogP contribution in [0.5, 0.6) is 0 Å². The molecule has 0 bridgehead atoms. The van der Waals surface area contributed by atoms with Crippen molar-refractivity contribution >= 4 is 17.2 Å². The van der Waals surface area contributed by atoms with Crippen LogP contribution in [0.3, 0.4) is 0 Å². The Bertz CT molecular complexity index is 435. The highest BCUT2D eigenvalue weighted by molar-refractivity contribution is 7.85. The minimum atomic E-state index is -1.31. The van der Waals surface area contributed by atoms with E-state index in [9.17, 15) is 8.60 Å². The second-order valence-electron chi connectivity index (χ2n) is 4.55. The molecule has 1 aromatic carbocycles. The van der Waals surface area contributed by atoms with Gasteiger partial charge in [-0.25, -0.2) is 8.60 Å². The van der Waals surface area contributed by atoms with Gasteiger partial charge in [-0.3, -0.25) is 0 Å². The molecule has 1 atom stereocenters. The van der Waals surface area contributed by atoms with E-state index < -0.39 is 15.7 Å². The molecule has 2 nitrogen and oxygen atoms in total. The largest absolute Gasteiger partial charge is 0.234 e. The molecule has 0 unspecified atom stereocenters. The van der Waals surface area contributed by atoms with Gasteiger partial charge in [0.25, 0.3) is 0 Å². The Labute approximate surface area is 98.2 Å². The van der Waals surface area contributed by atoms with Gasteiger partial charge in [0.05, 0.1) is 4.75 Å². The predicted octanol–water partition coefficient (Wildman–Crippen LogP) is 3.02. The Morgan fingerprint density at radius 3 is 2.56 bits per heavy atom. The highest BCUT2D eigenvalue weighted by Gasteiger charge is 2.18. The molecule has 0 N–H and O–H groups in total. The fourth-order valence-electron chi connectivity index (χ4n) is 1.03. The molecule has 0 saturated heterocycles. The first kappa shape index (κ1) is 13.0. The lowest BCUT2D eigenvalue weighted by Crippen LogP contribution is -2.19. The monoisotopic (exact) mass is 241 g/mol. The minimum Gasteiger partial charge on any atom is -0.234 e. The van der Waals surface area contributed by atoms with Crippen molar-refractivity contribution < 1.29 is 8.60 Å². The fourth-order valence-corrected chi connectivity index (χ4v) is 1.55. The van der Waals surface area contributed by atoms with E-state index in [1.165, 1.54) is 12.3 Å². The van der Waals surface area contributed by atoms with Crippen molar-refractivity contribution in [3.8, 4) is 0 Å². The molecule has 16 heavy (non-hydrogen) atoms. The van der Waals surface area contributed by atoms with E-state index >= 15 is 0 Å². The molecule has 4 heteroatoms. The third kappa shape index (κ3) is 3.23. The molecule has 1 rings (SSSR count). The molecular weight excluding hydrogens is 225 g/mol. The maximum Gasteiger partial charge on any atom is 0.144 e. The third-order valence-electron chi connectivity index (χ3n) is 2.12. The van der Waals surface area contributed by atoms with Crippen molar-refractivity contribution in [3.63, 3.8) is 0 Å². The van der Waals surface area contributed by atoms with E-state index in [0.29, 0.717) is 11.1 Å². The van der Waals surface area contributed by atoms with Gasteiger partial charge in [-0.15, -0.1) is 0 Å². The number of nitrogens with zero attached hydrogens (tertiary/aromatic N) is 1. The highest BCUT2D eigenvalue weighted by Crippen LogP contribution is 2.14. The van der Waals surface area contributed by atoms with Crippen molar-refractivity contribution in [2.24, 2.45) is 4.40 Å². The topological polar surface area (TPSA) is 29.4 Å². The van der Waals surface area contributed by atoms with Gasteiger partial charge in [0, 0.05) is 6.21 Å². The Balaban J connectivity index is 2.94. The van der Waals surface area contributed by atoms with Crippen LogP contribution in [0.15, 0.2) is 22.6 Å². The molecule has 0 aliphatic carbocycles. The standard InChI is InChI=1S/C12H16FNOS/c1-9-10(6-5-7-11(9)13)8-14-16(15)12(2,3)4/h5-8H,1-4H3/b14-8+/t16-/m1/s1. The summed E-state index contributed by atoms with van der Waals surface area (Å²) in [5, 5.41) is 0. The quantitative estimate of drug-likeness (QED) is 0.732. The van der Waals surface area contributed by atoms with Crippen molar-refractivity contribution in [2.45, 2.75) is 32.4 Å². The van der Waals surface area contributed by atoms with Gasteiger partial charge in [0.2, 0.25) is 0 Å². The van der Waals surface area contributed by atoms with E-state index in [4.69, 9.17) is 0 Å². The average Bonchev–Trinajstić information content (AvgIpc) is 2.18. The lowest BCUT2D eigenvalue weighted by molar-refractivity contribution is 0.618. The molecule has 0 radical (unpaired) electrons. The van der Waals surface area contributed by atoms with Crippen LogP contribution in [0.4, 0.5) is 4.39 Å². The summed E-state index contributed by atoms with van der Waals surface area (Å²) < 4.78 is 28.4. The lowest BCUT2D eigenvalue weighted by atomic mass is 10.1. The normalized spacial score (nSPS) is 14.3. The summed E-state index contributed by atoms with van der Waals surface area (Å²) in [6.07, 6.45) is 1.47. The van der Waals surface area contributed by atoms with Crippen molar-refractivity contribution in [3.05, 3.63) is 35.1 Å². The lowest BCUT2D eigenvalue weighted by Gasteiger charge is -2.12. The van der Waals surface area contributed by atoms with Gasteiger partial charge in [0.15, 0.2) is 0 Å². The zero-order valence-corrected chi connectivity index (χ0v) is 10.8. The van der Waals surface area contributed by atoms with Gasteiger partial charge in [-0.2, -0.15) is 4.40 Å². The summed E-state index contributed by atoms with van der Waals surface area (Å²) in [5.74, 6) is -0.273. The summed E-state index contributed by atoms with van der Waals surface area (Å²) in [5.41, 5.74) is 1.19. The first-order valence-electron chi connectivity index (χ1n) is 5.03. The van der Waals surface area contributed by atoms with Gasteiger partial charge in [-0.05, 0) is 44.9 Å². The fraction of sp³-hybridized carbons (Fsp3) is 0.417. The molecule has 0 heterocycles. The minimum absolute atomic E-state index is 0.273. The van der Waals surface area contributed by atoms with Crippen LogP contribution >= 0.6 is 0 Å². The molecule has 1 aromatic rings. The third-order valence-corrected chi connectivity index (χ3v) is 3.47. The Morgan fingerprint density at radius 1 is 1.38 bits per heavy atom. The molecule has 0 amide bonds. The first-order valence-corrected chi connectivity index (χ1v) is 6.14. The van der Waals surface area contributed by atoms with Crippen LogP contribution in [-0.2, 0) is 11.0 Å². The predicted molar refractivity (Wildman–Crippen MR) is 66.6 cm³/mol. The van der Waals surface area contributed by atoms with Gasteiger partial charge >= 0.3 is 0 Å². The summed E-state index contributed by atoms with van der Waals surface area (Å²) >= 11 is 0. The number of hydrogen-bond donors (Lipinski definition) is 0. The van der Waals surface area contributed by atoms with E-state index in [0.717, 1.165) is 0 Å². The first-order chi connectivity index (χ1) is 7.32. The smallest absolute Gasteiger partial charge is 0.144 e. The molecule has 0 fully saturated rings. The SMILES string of the molecule is Cc1c(F)cccc1/C=N/[S@](=O)C(C)(C)C. The van der Waals surface area contributed by atoms with Crippen molar-refractivity contribution in [1.29, 1.82) is 0 Å². The summed E-state index contributed by atoms with van der Waals surface area (Å²) in [4.78, 5) is 0. The van der Waals surface area contributed by atoms with Crippen LogP contribution in [0, 0.1) is 12.7 Å². The number of hydrogen-bond acceptors (Lipinski definition) is 1. The van der Waals surface area contributed by atoms with Crippen molar-refractivity contribution in [1.82, 2.24) is 0 Å². The molecule has 88 valence electrons. The Hall–Kier alpha value is -1.03. The molecule has 0 spiro atoms. The Morgan fingerprint density at radius 2 is 2.00 bits per heavy atom. The number of halogens is 1. The van der Waals surface area contributed by atoms with Gasteiger partial charge in [-0.1, -0.05) is 12.1 Å². The molecule has 0 saturated carbocycles. The molecular formula is C12H16FNOS. The van der Waals surface area contributed by atoms with Crippen LogP contribution in [0.25, 0.3) is 0 Å².